The third-order valence-electron chi connectivity index (χ3n) is 2.39. The molecular formula is C11H8ClN5S. The fourth-order valence-electron chi connectivity index (χ4n) is 1.50. The number of rotatable bonds is 2. The predicted molar refractivity (Wildman–Crippen MR) is 72.5 cm³/mol. The van der Waals surface area contributed by atoms with E-state index in [1.165, 1.54) is 17.7 Å². The summed E-state index contributed by atoms with van der Waals surface area (Å²) in [6, 6.07) is 3.87. The van der Waals surface area contributed by atoms with Gasteiger partial charge in [0, 0.05) is 6.20 Å². The Labute approximate surface area is 112 Å². The Bertz CT molecular complexity index is 711. The van der Waals surface area contributed by atoms with E-state index in [9.17, 15) is 0 Å². The highest BCUT2D eigenvalue weighted by Crippen LogP contribution is 2.29. The molecule has 0 radical (unpaired) electrons. The number of anilines is 2. The molecule has 3 heterocycles. The van der Waals surface area contributed by atoms with E-state index in [1.54, 1.807) is 6.20 Å². The van der Waals surface area contributed by atoms with Crippen LogP contribution in [-0.2, 0) is 0 Å². The third-order valence-corrected chi connectivity index (χ3v) is 3.54. The summed E-state index contributed by atoms with van der Waals surface area (Å²) in [5, 5.41) is 4.22. The van der Waals surface area contributed by atoms with Gasteiger partial charge in [-0.15, -0.1) is 0 Å². The molecule has 1 N–H and O–H groups in total. The highest BCUT2D eigenvalue weighted by Gasteiger charge is 2.10. The van der Waals surface area contributed by atoms with E-state index >= 15 is 0 Å². The molecule has 0 aromatic carbocycles. The van der Waals surface area contributed by atoms with Crippen molar-refractivity contribution in [1.29, 1.82) is 0 Å². The largest absolute Gasteiger partial charge is 0.316 e. The topological polar surface area (TPSA) is 63.6 Å². The summed E-state index contributed by atoms with van der Waals surface area (Å²) >= 11 is 7.37. The Morgan fingerprint density at radius 2 is 2.17 bits per heavy atom. The van der Waals surface area contributed by atoms with E-state index in [0.717, 1.165) is 16.2 Å². The molecule has 3 aromatic heterocycles. The summed E-state index contributed by atoms with van der Waals surface area (Å²) in [7, 11) is 0. The Morgan fingerprint density at radius 1 is 1.28 bits per heavy atom. The van der Waals surface area contributed by atoms with Gasteiger partial charge < -0.3 is 5.32 Å². The first-order valence-corrected chi connectivity index (χ1v) is 6.39. The monoisotopic (exact) mass is 277 g/mol. The van der Waals surface area contributed by atoms with Gasteiger partial charge in [-0.2, -0.15) is 0 Å². The summed E-state index contributed by atoms with van der Waals surface area (Å²) in [4.78, 5) is 17.4. The Morgan fingerprint density at radius 3 is 2.94 bits per heavy atom. The van der Waals surface area contributed by atoms with E-state index in [2.05, 4.69) is 25.3 Å². The van der Waals surface area contributed by atoms with E-state index in [0.29, 0.717) is 15.8 Å². The molecule has 90 valence electrons. The Kier molecular flexibility index (Phi) is 2.81. The highest BCUT2D eigenvalue weighted by atomic mass is 35.5. The summed E-state index contributed by atoms with van der Waals surface area (Å²) in [5.41, 5.74) is 1.66. The number of pyridine rings is 1. The second-order valence-corrected chi connectivity index (χ2v) is 4.97. The average molecular weight is 278 g/mol. The average Bonchev–Trinajstić information content (AvgIpc) is 2.76. The summed E-state index contributed by atoms with van der Waals surface area (Å²) in [6.07, 6.45) is 3.16. The van der Waals surface area contributed by atoms with Crippen molar-refractivity contribution in [2.45, 2.75) is 6.92 Å². The zero-order valence-corrected chi connectivity index (χ0v) is 11.0. The molecule has 0 amide bonds. The molecule has 5 nitrogen and oxygen atoms in total. The second-order valence-electron chi connectivity index (χ2n) is 3.63. The maximum absolute atomic E-state index is 5.95. The van der Waals surface area contributed by atoms with Gasteiger partial charge in [0.1, 0.15) is 22.5 Å². The summed E-state index contributed by atoms with van der Waals surface area (Å²) in [6.45, 7) is 1.98. The van der Waals surface area contributed by atoms with E-state index in [-0.39, 0.29) is 0 Å². The van der Waals surface area contributed by atoms with Crippen LogP contribution >= 0.6 is 22.9 Å². The van der Waals surface area contributed by atoms with Crippen molar-refractivity contribution in [3.63, 3.8) is 0 Å². The van der Waals surface area contributed by atoms with Crippen LogP contribution in [0.5, 0.6) is 0 Å². The molecule has 7 heteroatoms. The Hall–Kier alpha value is -1.79. The van der Waals surface area contributed by atoms with Gasteiger partial charge >= 0.3 is 0 Å². The molecular weight excluding hydrogens is 270 g/mol. The standard InChI is InChI=1S/C11H8ClN5S/c1-6-3-2-4-13-9(6)17-11-16-7-8(12)14-5-15-10(7)18-11/h2-5H,1H3,(H,13,16,17). The van der Waals surface area contributed by atoms with Gasteiger partial charge in [0.25, 0.3) is 0 Å². The first-order valence-electron chi connectivity index (χ1n) is 5.20. The van der Waals surface area contributed by atoms with Crippen LogP contribution in [0.15, 0.2) is 24.7 Å². The smallest absolute Gasteiger partial charge is 0.191 e. The first kappa shape index (κ1) is 11.3. The lowest BCUT2D eigenvalue weighted by atomic mass is 10.3. The SMILES string of the molecule is Cc1cccnc1Nc1nc2c(Cl)ncnc2s1. The van der Waals surface area contributed by atoms with Gasteiger partial charge in [0.15, 0.2) is 10.3 Å². The number of aromatic nitrogens is 4. The molecule has 0 aliphatic carbocycles. The predicted octanol–water partition coefficient (Wildman–Crippen LogP) is 3.19. The normalized spacial score (nSPS) is 10.8. The summed E-state index contributed by atoms with van der Waals surface area (Å²) < 4.78 is 0. The van der Waals surface area contributed by atoms with Gasteiger partial charge in [-0.1, -0.05) is 29.0 Å². The fraction of sp³-hybridized carbons (Fsp3) is 0.0909. The van der Waals surface area contributed by atoms with Crippen LogP contribution in [0.25, 0.3) is 10.3 Å². The van der Waals surface area contributed by atoms with Crippen LogP contribution in [0.3, 0.4) is 0 Å². The maximum atomic E-state index is 5.95. The number of nitrogens with zero attached hydrogens (tertiary/aromatic N) is 4. The van der Waals surface area contributed by atoms with Crippen LogP contribution in [-0.4, -0.2) is 19.9 Å². The third kappa shape index (κ3) is 2.00. The quantitative estimate of drug-likeness (QED) is 0.729. The van der Waals surface area contributed by atoms with Crippen molar-refractivity contribution in [1.82, 2.24) is 19.9 Å². The van der Waals surface area contributed by atoms with Crippen molar-refractivity contribution in [3.05, 3.63) is 35.4 Å². The fourth-order valence-corrected chi connectivity index (χ4v) is 2.54. The van der Waals surface area contributed by atoms with Gasteiger partial charge in [-0.3, -0.25) is 0 Å². The number of thiazole rings is 1. The van der Waals surface area contributed by atoms with Gasteiger partial charge in [-0.05, 0) is 18.6 Å². The van der Waals surface area contributed by atoms with Crippen molar-refractivity contribution in [2.24, 2.45) is 0 Å². The van der Waals surface area contributed by atoms with Gasteiger partial charge in [0.05, 0.1) is 0 Å². The van der Waals surface area contributed by atoms with Crippen molar-refractivity contribution in [2.75, 3.05) is 5.32 Å². The van der Waals surface area contributed by atoms with Crippen molar-refractivity contribution >= 4 is 44.2 Å². The molecule has 0 bridgehead atoms. The van der Waals surface area contributed by atoms with Gasteiger partial charge in [-0.25, -0.2) is 19.9 Å². The zero-order chi connectivity index (χ0) is 12.5. The molecule has 0 aliphatic rings. The molecule has 0 atom stereocenters. The lowest BCUT2D eigenvalue weighted by Crippen LogP contribution is -1.94. The molecule has 3 aromatic rings. The molecule has 0 fully saturated rings. The van der Waals surface area contributed by atoms with Gasteiger partial charge in [0.2, 0.25) is 0 Å². The van der Waals surface area contributed by atoms with Crippen LogP contribution in [0, 0.1) is 6.92 Å². The molecule has 3 rings (SSSR count). The van der Waals surface area contributed by atoms with Crippen LogP contribution < -0.4 is 5.32 Å². The first-order chi connectivity index (χ1) is 8.74. The van der Waals surface area contributed by atoms with Crippen LogP contribution in [0.2, 0.25) is 5.15 Å². The molecule has 0 spiro atoms. The lowest BCUT2D eigenvalue weighted by Gasteiger charge is -2.03. The van der Waals surface area contributed by atoms with E-state index < -0.39 is 0 Å². The molecule has 0 aliphatic heterocycles. The molecule has 18 heavy (non-hydrogen) atoms. The highest BCUT2D eigenvalue weighted by molar-refractivity contribution is 7.21. The molecule has 0 saturated carbocycles. The summed E-state index contributed by atoms with van der Waals surface area (Å²) in [5.74, 6) is 0.778. The number of hydrogen-bond acceptors (Lipinski definition) is 6. The number of hydrogen-bond donors (Lipinski definition) is 1. The van der Waals surface area contributed by atoms with Crippen molar-refractivity contribution < 1.29 is 0 Å². The minimum Gasteiger partial charge on any atom is -0.316 e. The molecule has 0 unspecified atom stereocenters. The minimum absolute atomic E-state index is 0.363. The number of halogens is 1. The Balaban J connectivity index is 2.01. The van der Waals surface area contributed by atoms with Crippen molar-refractivity contribution in [3.8, 4) is 0 Å². The second kappa shape index (κ2) is 4.47. The minimum atomic E-state index is 0.363. The van der Waals surface area contributed by atoms with E-state index in [1.807, 2.05) is 19.1 Å². The van der Waals surface area contributed by atoms with Crippen LogP contribution in [0.1, 0.15) is 5.56 Å². The zero-order valence-electron chi connectivity index (χ0n) is 9.38. The van der Waals surface area contributed by atoms with Crippen LogP contribution in [0.4, 0.5) is 10.9 Å². The lowest BCUT2D eigenvalue weighted by molar-refractivity contribution is 1.21. The number of aryl methyl sites for hydroxylation is 1. The maximum Gasteiger partial charge on any atom is 0.191 e. The number of nitrogens with one attached hydrogen (secondary N) is 1. The molecule has 0 saturated heterocycles. The number of fused-ring (bicyclic) bond motifs is 1. The van der Waals surface area contributed by atoms with E-state index in [4.69, 9.17) is 11.6 Å².